The number of aromatic nitrogens is 2. The molecule has 2 amide bonds. The molecule has 2 saturated heterocycles. The van der Waals surface area contributed by atoms with Crippen molar-refractivity contribution in [2.45, 2.75) is 35.9 Å². The Morgan fingerprint density at radius 2 is 1.70 bits per heavy atom. The van der Waals surface area contributed by atoms with Gasteiger partial charge in [0.05, 0.1) is 17.9 Å². The number of ether oxygens (including phenoxy) is 1. The van der Waals surface area contributed by atoms with E-state index in [1.54, 1.807) is 6.20 Å². The summed E-state index contributed by atoms with van der Waals surface area (Å²) >= 11 is 0. The zero-order valence-electron chi connectivity index (χ0n) is 21.6. The van der Waals surface area contributed by atoms with Crippen LogP contribution in [0.5, 0.6) is 5.88 Å². The number of rotatable bonds is 4. The second kappa shape index (κ2) is 8.43. The number of hydrogen-bond acceptors (Lipinski definition) is 6. The molecule has 0 unspecified atom stereocenters. The maximum Gasteiger partial charge on any atom is 0.238 e. The lowest BCUT2D eigenvalue weighted by Gasteiger charge is -2.41. The molecule has 8 nitrogen and oxygen atoms in total. The van der Waals surface area contributed by atoms with Crippen LogP contribution < -0.4 is 19.9 Å². The van der Waals surface area contributed by atoms with E-state index in [1.165, 1.54) is 0 Å². The van der Waals surface area contributed by atoms with Gasteiger partial charge in [0.15, 0.2) is 0 Å². The highest BCUT2D eigenvalue weighted by atomic mass is 16.5. The van der Waals surface area contributed by atoms with Crippen molar-refractivity contribution < 1.29 is 14.3 Å². The summed E-state index contributed by atoms with van der Waals surface area (Å²) in [5, 5.41) is 2.93. The van der Waals surface area contributed by atoms with Crippen LogP contribution in [-0.2, 0) is 9.59 Å². The van der Waals surface area contributed by atoms with Crippen molar-refractivity contribution in [2.75, 3.05) is 21.7 Å². The lowest BCUT2D eigenvalue weighted by atomic mass is 9.34. The Labute approximate surface area is 219 Å². The Bertz CT molecular complexity index is 1400. The Balaban J connectivity index is 1.18. The zero-order valence-corrected chi connectivity index (χ0v) is 21.6. The minimum Gasteiger partial charge on any atom is -0.474 e. The normalized spacial score (nSPS) is 21.4. The van der Waals surface area contributed by atoms with E-state index >= 15 is 0 Å². The standard InChI is InChI=1S/C25H27B4N5O3/c26-24(27)10-22(36)34(25(24,28)29)17-4-1-14(2-5-17)15-3-7-20(30-11-15)32-16-9-19-23(31-12-16)37-13-18-6-8-21(35)33(18)19/h1-5,7,9,11-12,18H,6,8,10,13,26-29H2,(H,30,32)/t18-/m0/s1. The average molecular weight is 489 g/mol. The van der Waals surface area contributed by atoms with Crippen molar-refractivity contribution in [2.24, 2.45) is 0 Å². The second-order valence-electron chi connectivity index (χ2n) is 11.3. The van der Waals surface area contributed by atoms with Gasteiger partial charge in [-0.15, -0.1) is 0 Å². The largest absolute Gasteiger partial charge is 0.474 e. The molecule has 37 heavy (non-hydrogen) atoms. The summed E-state index contributed by atoms with van der Waals surface area (Å²) in [5.41, 5.74) is 4.37. The topological polar surface area (TPSA) is 87.7 Å². The predicted molar refractivity (Wildman–Crippen MR) is 155 cm³/mol. The molecule has 0 aliphatic carbocycles. The monoisotopic (exact) mass is 489 g/mol. The summed E-state index contributed by atoms with van der Waals surface area (Å²) in [6, 6.07) is 14.0. The van der Waals surface area contributed by atoms with Crippen molar-refractivity contribution in [3.8, 4) is 17.0 Å². The summed E-state index contributed by atoms with van der Waals surface area (Å²) in [4.78, 5) is 37.9. The van der Waals surface area contributed by atoms with E-state index < -0.39 is 0 Å². The first kappa shape index (κ1) is 23.7. The number of carbonyl (C=O) groups excluding carboxylic acids is 2. The molecule has 3 aliphatic heterocycles. The predicted octanol–water partition coefficient (Wildman–Crippen LogP) is -0.186. The molecule has 2 fully saturated rings. The third-order valence-electron chi connectivity index (χ3n) is 8.38. The van der Waals surface area contributed by atoms with Crippen LogP contribution in [0.4, 0.5) is 22.9 Å². The smallest absolute Gasteiger partial charge is 0.238 e. The number of pyridine rings is 2. The van der Waals surface area contributed by atoms with Crippen LogP contribution >= 0.6 is 0 Å². The van der Waals surface area contributed by atoms with E-state index in [0.29, 0.717) is 36.8 Å². The molecule has 5 heterocycles. The first-order valence-electron chi connectivity index (χ1n) is 12.8. The van der Waals surface area contributed by atoms with Gasteiger partial charge in [-0.3, -0.25) is 9.59 Å². The van der Waals surface area contributed by atoms with Crippen molar-refractivity contribution in [1.29, 1.82) is 0 Å². The maximum absolute atomic E-state index is 12.8. The fourth-order valence-corrected chi connectivity index (χ4v) is 5.54. The van der Waals surface area contributed by atoms with Gasteiger partial charge in [0.25, 0.3) is 0 Å². The average Bonchev–Trinajstić information content (AvgIpc) is 3.32. The van der Waals surface area contributed by atoms with Gasteiger partial charge in [-0.2, -0.15) is 0 Å². The molecule has 1 aromatic carbocycles. The number of carbonyl (C=O) groups is 2. The van der Waals surface area contributed by atoms with Gasteiger partial charge in [-0.05, 0) is 47.7 Å². The summed E-state index contributed by atoms with van der Waals surface area (Å²) < 4.78 is 5.75. The third-order valence-corrected chi connectivity index (χ3v) is 8.38. The van der Waals surface area contributed by atoms with Crippen molar-refractivity contribution in [1.82, 2.24) is 9.97 Å². The van der Waals surface area contributed by atoms with E-state index in [2.05, 4.69) is 46.7 Å². The number of nitrogens with zero attached hydrogens (tertiary/aromatic N) is 4. The SMILES string of the molecule is BC1(B)CC(=O)N(c2ccc(-c3ccc(Nc4cnc5c(c4)N4C(=O)CC[C@H]4CO5)nc3)cc2)C1(B)B. The van der Waals surface area contributed by atoms with Crippen molar-refractivity contribution in [3.63, 3.8) is 0 Å². The van der Waals surface area contributed by atoms with Gasteiger partial charge in [0, 0.05) is 30.3 Å². The first-order chi connectivity index (χ1) is 17.6. The molecule has 0 bridgehead atoms. The molecule has 6 rings (SSSR count). The number of amides is 2. The maximum atomic E-state index is 12.8. The van der Waals surface area contributed by atoms with Crippen LogP contribution in [0.2, 0.25) is 5.21 Å². The van der Waals surface area contributed by atoms with Crippen LogP contribution in [0.25, 0.3) is 11.1 Å². The third kappa shape index (κ3) is 3.90. The van der Waals surface area contributed by atoms with Crippen molar-refractivity contribution >= 4 is 66.1 Å². The molecule has 3 aromatic rings. The van der Waals surface area contributed by atoms with Crippen LogP contribution in [0.3, 0.4) is 0 Å². The summed E-state index contributed by atoms with van der Waals surface area (Å²) in [6.45, 7) is 0.493. The van der Waals surface area contributed by atoms with E-state index in [-0.39, 0.29) is 28.4 Å². The van der Waals surface area contributed by atoms with Gasteiger partial charge < -0.3 is 19.9 Å². The summed E-state index contributed by atoms with van der Waals surface area (Å²) in [5.74, 6) is 1.44. The Morgan fingerprint density at radius 3 is 2.38 bits per heavy atom. The van der Waals surface area contributed by atoms with Gasteiger partial charge in [-0.25, -0.2) is 9.97 Å². The number of anilines is 4. The van der Waals surface area contributed by atoms with Crippen LogP contribution in [0.15, 0.2) is 54.9 Å². The molecule has 1 N–H and O–H groups in total. The van der Waals surface area contributed by atoms with Gasteiger partial charge in [0.2, 0.25) is 17.7 Å². The molecule has 0 saturated carbocycles. The fourth-order valence-electron chi connectivity index (χ4n) is 5.54. The van der Waals surface area contributed by atoms with E-state index in [4.69, 9.17) is 4.74 Å². The van der Waals surface area contributed by atoms with E-state index in [1.807, 2.05) is 58.5 Å². The van der Waals surface area contributed by atoms with Gasteiger partial charge >= 0.3 is 0 Å². The van der Waals surface area contributed by atoms with Gasteiger partial charge in [-0.1, -0.05) is 17.3 Å². The highest BCUT2D eigenvalue weighted by Gasteiger charge is 2.51. The Kier molecular flexibility index (Phi) is 5.40. The lowest BCUT2D eigenvalue weighted by molar-refractivity contribution is -0.118. The molecular weight excluding hydrogens is 462 g/mol. The van der Waals surface area contributed by atoms with E-state index in [0.717, 1.165) is 28.9 Å². The first-order valence-corrected chi connectivity index (χ1v) is 12.8. The summed E-state index contributed by atoms with van der Waals surface area (Å²) in [7, 11) is 8.57. The quantitative estimate of drug-likeness (QED) is 0.513. The lowest BCUT2D eigenvalue weighted by Crippen LogP contribution is -2.53. The minimum absolute atomic E-state index is 0.0852. The number of hydrogen-bond donors (Lipinski definition) is 1. The second-order valence-corrected chi connectivity index (χ2v) is 11.3. The Hall–Kier alpha value is -3.68. The van der Waals surface area contributed by atoms with Crippen LogP contribution in [0, 0.1) is 0 Å². The number of nitrogens with one attached hydrogen (secondary N) is 1. The molecule has 3 aliphatic rings. The molecule has 12 heteroatoms. The van der Waals surface area contributed by atoms with Crippen LogP contribution in [-0.4, -0.2) is 71.2 Å². The highest BCUT2D eigenvalue weighted by Crippen LogP contribution is 2.46. The fraction of sp³-hybridized carbons (Fsp3) is 0.280. The zero-order chi connectivity index (χ0) is 25.9. The molecular formula is C25H27B4N5O3. The Morgan fingerprint density at radius 1 is 0.946 bits per heavy atom. The van der Waals surface area contributed by atoms with Gasteiger partial charge in [0.1, 0.15) is 49.5 Å². The molecule has 182 valence electrons. The molecule has 0 radical (unpaired) electrons. The van der Waals surface area contributed by atoms with E-state index in [9.17, 15) is 9.59 Å². The van der Waals surface area contributed by atoms with Crippen LogP contribution in [0.1, 0.15) is 19.3 Å². The highest BCUT2D eigenvalue weighted by molar-refractivity contribution is 6.58. The number of fused-ring (bicyclic) bond motifs is 3. The molecule has 0 spiro atoms. The molecule has 2 aromatic heterocycles. The number of benzene rings is 1. The summed E-state index contributed by atoms with van der Waals surface area (Å²) in [6.07, 6.45) is 5.40. The minimum atomic E-state index is -0.263. The molecule has 1 atom stereocenters. The van der Waals surface area contributed by atoms with Crippen molar-refractivity contribution in [3.05, 3.63) is 54.9 Å².